The van der Waals surface area contributed by atoms with E-state index >= 15 is 0 Å². The van der Waals surface area contributed by atoms with Gasteiger partial charge in [-0.15, -0.1) is 0 Å². The summed E-state index contributed by atoms with van der Waals surface area (Å²) >= 11 is 0. The van der Waals surface area contributed by atoms with Crippen molar-refractivity contribution >= 4 is 0 Å². The molecule has 0 saturated carbocycles. The molecule has 1 heterocycles. The van der Waals surface area contributed by atoms with Crippen LogP contribution in [0.15, 0.2) is 30.6 Å². The summed E-state index contributed by atoms with van der Waals surface area (Å²) in [6.07, 6.45) is 3.83. The highest BCUT2D eigenvalue weighted by atomic mass is 16.5. The fourth-order valence-corrected chi connectivity index (χ4v) is 1.82. The van der Waals surface area contributed by atoms with Gasteiger partial charge in [-0.25, -0.2) is 0 Å². The van der Waals surface area contributed by atoms with Gasteiger partial charge in [0.1, 0.15) is 12.4 Å². The number of hydrogen-bond acceptors (Lipinski definition) is 3. The van der Waals surface area contributed by atoms with Crippen molar-refractivity contribution in [2.75, 3.05) is 0 Å². The van der Waals surface area contributed by atoms with Crippen LogP contribution in [0.1, 0.15) is 23.6 Å². The molecule has 96 valence electrons. The molecule has 0 saturated heterocycles. The zero-order valence-corrected chi connectivity index (χ0v) is 10.9. The zero-order valence-electron chi connectivity index (χ0n) is 10.9. The summed E-state index contributed by atoms with van der Waals surface area (Å²) in [5.41, 5.74) is 9.02. The van der Waals surface area contributed by atoms with Gasteiger partial charge in [0.05, 0.1) is 6.20 Å². The normalized spacial score (nSPS) is 10.6. The molecule has 1 aromatic carbocycles. The summed E-state index contributed by atoms with van der Waals surface area (Å²) in [6.45, 7) is 6.00. The molecule has 0 unspecified atom stereocenters. The van der Waals surface area contributed by atoms with Crippen LogP contribution in [-0.2, 0) is 19.7 Å². The van der Waals surface area contributed by atoms with Crippen LogP contribution >= 0.6 is 0 Å². The maximum Gasteiger partial charge on any atom is 0.124 e. The SMILES string of the molecule is CCn1cc(COc2ccc(C)cc2CN)cn1. The molecule has 2 rings (SSSR count). The maximum atomic E-state index is 5.79. The molecule has 4 nitrogen and oxygen atoms in total. The minimum atomic E-state index is 0.491. The quantitative estimate of drug-likeness (QED) is 0.879. The minimum Gasteiger partial charge on any atom is -0.488 e. The Bertz CT molecular complexity index is 520. The first kappa shape index (κ1) is 12.6. The Hall–Kier alpha value is -1.81. The summed E-state index contributed by atoms with van der Waals surface area (Å²) in [4.78, 5) is 0. The van der Waals surface area contributed by atoms with Crippen molar-refractivity contribution in [1.82, 2.24) is 9.78 Å². The molecule has 0 aliphatic rings. The molecule has 0 amide bonds. The molecule has 1 aromatic heterocycles. The molecule has 0 radical (unpaired) electrons. The minimum absolute atomic E-state index is 0.491. The predicted molar refractivity (Wildman–Crippen MR) is 71.3 cm³/mol. The Morgan fingerprint density at radius 1 is 1.39 bits per heavy atom. The van der Waals surface area contributed by atoms with E-state index in [4.69, 9.17) is 10.5 Å². The van der Waals surface area contributed by atoms with Gasteiger partial charge in [-0.1, -0.05) is 17.7 Å². The third-order valence-electron chi connectivity index (χ3n) is 2.84. The van der Waals surface area contributed by atoms with E-state index in [1.165, 1.54) is 5.56 Å². The number of aryl methyl sites for hydroxylation is 2. The Morgan fingerprint density at radius 3 is 2.89 bits per heavy atom. The van der Waals surface area contributed by atoms with Crippen LogP contribution in [0.2, 0.25) is 0 Å². The van der Waals surface area contributed by atoms with E-state index in [0.29, 0.717) is 13.2 Å². The number of benzene rings is 1. The predicted octanol–water partition coefficient (Wildman–Crippen LogP) is 2.25. The van der Waals surface area contributed by atoms with Crippen molar-refractivity contribution in [3.63, 3.8) is 0 Å². The van der Waals surface area contributed by atoms with Crippen LogP contribution in [0, 0.1) is 6.92 Å². The molecule has 0 spiro atoms. The van der Waals surface area contributed by atoms with Crippen LogP contribution < -0.4 is 10.5 Å². The Balaban J connectivity index is 2.05. The van der Waals surface area contributed by atoms with E-state index in [-0.39, 0.29) is 0 Å². The van der Waals surface area contributed by atoms with Gasteiger partial charge in [0.2, 0.25) is 0 Å². The average Bonchev–Trinajstić information content (AvgIpc) is 2.85. The van der Waals surface area contributed by atoms with E-state index in [0.717, 1.165) is 23.4 Å². The zero-order chi connectivity index (χ0) is 13.0. The monoisotopic (exact) mass is 245 g/mol. The third kappa shape index (κ3) is 2.90. The molecule has 0 atom stereocenters. The second-order valence-electron chi connectivity index (χ2n) is 4.31. The van der Waals surface area contributed by atoms with Crippen molar-refractivity contribution in [3.05, 3.63) is 47.3 Å². The van der Waals surface area contributed by atoms with Crippen LogP contribution in [0.3, 0.4) is 0 Å². The molecule has 0 aliphatic heterocycles. The highest BCUT2D eigenvalue weighted by molar-refractivity contribution is 5.36. The lowest BCUT2D eigenvalue weighted by Crippen LogP contribution is -2.03. The lowest BCUT2D eigenvalue weighted by molar-refractivity contribution is 0.303. The number of ether oxygens (including phenoxy) is 1. The lowest BCUT2D eigenvalue weighted by Gasteiger charge is -2.10. The second kappa shape index (κ2) is 5.69. The highest BCUT2D eigenvalue weighted by Gasteiger charge is 2.04. The first-order valence-electron chi connectivity index (χ1n) is 6.16. The Morgan fingerprint density at radius 2 is 2.22 bits per heavy atom. The van der Waals surface area contributed by atoms with Crippen LogP contribution in [0.4, 0.5) is 0 Å². The second-order valence-corrected chi connectivity index (χ2v) is 4.31. The van der Waals surface area contributed by atoms with Crippen molar-refractivity contribution in [3.8, 4) is 5.75 Å². The molecular formula is C14H19N3O. The first-order chi connectivity index (χ1) is 8.72. The molecule has 0 aliphatic carbocycles. The first-order valence-corrected chi connectivity index (χ1v) is 6.16. The van der Waals surface area contributed by atoms with Gasteiger partial charge in [0, 0.05) is 30.4 Å². The molecule has 0 bridgehead atoms. The van der Waals surface area contributed by atoms with Gasteiger partial charge in [0.15, 0.2) is 0 Å². The fourth-order valence-electron chi connectivity index (χ4n) is 1.82. The topological polar surface area (TPSA) is 53.1 Å². The molecule has 2 N–H and O–H groups in total. The van der Waals surface area contributed by atoms with Crippen molar-refractivity contribution < 1.29 is 4.74 Å². The van der Waals surface area contributed by atoms with Crippen molar-refractivity contribution in [2.45, 2.75) is 33.5 Å². The number of nitrogens with zero attached hydrogens (tertiary/aromatic N) is 2. The summed E-state index contributed by atoms with van der Waals surface area (Å²) in [6, 6.07) is 6.07. The van der Waals surface area contributed by atoms with Gasteiger partial charge in [-0.2, -0.15) is 5.10 Å². The molecule has 18 heavy (non-hydrogen) atoms. The number of aromatic nitrogens is 2. The molecular weight excluding hydrogens is 226 g/mol. The van der Waals surface area contributed by atoms with Gasteiger partial charge in [-0.3, -0.25) is 4.68 Å². The number of hydrogen-bond donors (Lipinski definition) is 1. The average molecular weight is 245 g/mol. The van der Waals surface area contributed by atoms with Crippen LogP contribution in [0.5, 0.6) is 5.75 Å². The van der Waals surface area contributed by atoms with Crippen LogP contribution in [0.25, 0.3) is 0 Å². The summed E-state index contributed by atoms with van der Waals surface area (Å²) < 4.78 is 7.68. The number of rotatable bonds is 5. The van der Waals surface area contributed by atoms with Crippen molar-refractivity contribution in [2.24, 2.45) is 5.73 Å². The highest BCUT2D eigenvalue weighted by Crippen LogP contribution is 2.20. The van der Waals surface area contributed by atoms with E-state index in [1.54, 1.807) is 0 Å². The van der Waals surface area contributed by atoms with Gasteiger partial charge in [-0.05, 0) is 19.9 Å². The molecule has 4 heteroatoms. The maximum absolute atomic E-state index is 5.79. The largest absolute Gasteiger partial charge is 0.488 e. The fraction of sp³-hybridized carbons (Fsp3) is 0.357. The summed E-state index contributed by atoms with van der Waals surface area (Å²) in [5, 5.41) is 4.22. The van der Waals surface area contributed by atoms with E-state index < -0.39 is 0 Å². The standard InChI is InChI=1S/C14H19N3O/c1-3-17-9-12(8-16-17)10-18-14-5-4-11(2)6-13(14)7-15/h4-6,8-9H,3,7,10,15H2,1-2H3. The third-order valence-corrected chi connectivity index (χ3v) is 2.84. The van der Waals surface area contributed by atoms with E-state index in [9.17, 15) is 0 Å². The smallest absolute Gasteiger partial charge is 0.124 e. The van der Waals surface area contributed by atoms with E-state index in [1.807, 2.05) is 36.1 Å². The summed E-state index contributed by atoms with van der Waals surface area (Å²) in [7, 11) is 0. The van der Waals surface area contributed by atoms with Gasteiger partial charge >= 0.3 is 0 Å². The molecule has 2 aromatic rings. The molecule has 0 fully saturated rings. The lowest BCUT2D eigenvalue weighted by atomic mass is 10.1. The van der Waals surface area contributed by atoms with E-state index in [2.05, 4.69) is 18.1 Å². The van der Waals surface area contributed by atoms with Gasteiger partial charge < -0.3 is 10.5 Å². The van der Waals surface area contributed by atoms with Gasteiger partial charge in [0.25, 0.3) is 0 Å². The number of nitrogens with two attached hydrogens (primary N) is 1. The van der Waals surface area contributed by atoms with Crippen molar-refractivity contribution in [1.29, 1.82) is 0 Å². The Kier molecular flexibility index (Phi) is 3.99. The van der Waals surface area contributed by atoms with Crippen LogP contribution in [-0.4, -0.2) is 9.78 Å². The Labute approximate surface area is 107 Å². The summed E-state index contributed by atoms with van der Waals surface area (Å²) in [5.74, 6) is 0.854.